The molecule has 0 saturated carbocycles. The van der Waals surface area contributed by atoms with Gasteiger partial charge >= 0.3 is 0 Å². The van der Waals surface area contributed by atoms with E-state index in [9.17, 15) is 9.46 Å². The molecule has 0 aliphatic carbocycles. The molecule has 0 aliphatic heterocycles. The number of hydrogen-bond donors (Lipinski definition) is 3. The molecule has 1 aromatic rings. The Balaban J connectivity index is 0.00000163. The summed E-state index contributed by atoms with van der Waals surface area (Å²) in [5.41, 5.74) is 5.67. The SMILES string of the molecule is CCO.CCOC(OCC)P(=O)(O)C(CCN)c1ccc(Cl)cc1. The molecular formula is C16H29ClNO5P. The largest absolute Gasteiger partial charge is 0.397 e. The van der Waals surface area contributed by atoms with Crippen molar-refractivity contribution in [2.24, 2.45) is 5.73 Å². The van der Waals surface area contributed by atoms with Crippen LogP contribution in [0.15, 0.2) is 24.3 Å². The van der Waals surface area contributed by atoms with Crippen molar-refractivity contribution in [3.05, 3.63) is 34.9 Å². The summed E-state index contributed by atoms with van der Waals surface area (Å²) in [6.07, 6.45) is 0.367. The summed E-state index contributed by atoms with van der Waals surface area (Å²) in [7, 11) is -3.77. The number of halogens is 1. The fourth-order valence-corrected chi connectivity index (χ4v) is 4.37. The van der Waals surface area contributed by atoms with Crippen molar-refractivity contribution in [2.45, 2.75) is 38.9 Å². The highest BCUT2D eigenvalue weighted by Gasteiger charge is 2.41. The summed E-state index contributed by atoms with van der Waals surface area (Å²) in [6.45, 7) is 6.33. The van der Waals surface area contributed by atoms with Crippen LogP contribution in [-0.4, -0.2) is 42.4 Å². The summed E-state index contributed by atoms with van der Waals surface area (Å²) in [4.78, 5) is 10.6. The van der Waals surface area contributed by atoms with Gasteiger partial charge in [-0.2, -0.15) is 0 Å². The number of nitrogens with two attached hydrogens (primary N) is 1. The molecule has 0 radical (unpaired) electrons. The maximum absolute atomic E-state index is 12.9. The Morgan fingerprint density at radius 3 is 2.00 bits per heavy atom. The molecule has 4 N–H and O–H groups in total. The molecule has 0 amide bonds. The van der Waals surface area contributed by atoms with E-state index in [1.165, 1.54) is 0 Å². The number of aliphatic hydroxyl groups is 1. The molecule has 2 unspecified atom stereocenters. The number of benzene rings is 1. The highest BCUT2D eigenvalue weighted by atomic mass is 35.5. The third kappa shape index (κ3) is 7.62. The zero-order valence-electron chi connectivity index (χ0n) is 14.5. The van der Waals surface area contributed by atoms with Gasteiger partial charge in [0.2, 0.25) is 6.03 Å². The van der Waals surface area contributed by atoms with Crippen LogP contribution < -0.4 is 5.73 Å². The Morgan fingerprint density at radius 1 is 1.17 bits per heavy atom. The number of rotatable bonds is 9. The second-order valence-corrected chi connectivity index (χ2v) is 7.68. The molecule has 0 saturated heterocycles. The second-order valence-electron chi connectivity index (χ2n) is 4.85. The lowest BCUT2D eigenvalue weighted by molar-refractivity contribution is -0.0880. The van der Waals surface area contributed by atoms with Gasteiger partial charge in [0, 0.05) is 24.8 Å². The van der Waals surface area contributed by atoms with E-state index in [1.807, 2.05) is 0 Å². The predicted molar refractivity (Wildman–Crippen MR) is 97.5 cm³/mol. The highest BCUT2D eigenvalue weighted by molar-refractivity contribution is 7.58. The van der Waals surface area contributed by atoms with Gasteiger partial charge in [-0.25, -0.2) is 0 Å². The summed E-state index contributed by atoms with van der Waals surface area (Å²) in [5.74, 6) is 0. The van der Waals surface area contributed by atoms with Crippen LogP contribution in [0.4, 0.5) is 0 Å². The monoisotopic (exact) mass is 381 g/mol. The Labute approximate surface area is 149 Å². The number of ether oxygens (including phenoxy) is 2. The molecule has 8 heteroatoms. The van der Waals surface area contributed by atoms with Gasteiger partial charge in [-0.1, -0.05) is 23.7 Å². The van der Waals surface area contributed by atoms with Crippen LogP contribution in [0.5, 0.6) is 0 Å². The first-order chi connectivity index (χ1) is 11.4. The maximum Gasteiger partial charge on any atom is 0.262 e. The zero-order valence-corrected chi connectivity index (χ0v) is 16.2. The average molecular weight is 382 g/mol. The van der Waals surface area contributed by atoms with E-state index < -0.39 is 19.1 Å². The van der Waals surface area contributed by atoms with Gasteiger partial charge in [0.05, 0.1) is 5.66 Å². The quantitative estimate of drug-likeness (QED) is 0.448. The molecule has 0 fully saturated rings. The first kappa shape index (κ1) is 23.5. The average Bonchev–Trinajstić information content (AvgIpc) is 2.54. The van der Waals surface area contributed by atoms with Crippen LogP contribution in [0.25, 0.3) is 0 Å². The van der Waals surface area contributed by atoms with Crippen LogP contribution in [0.2, 0.25) is 5.02 Å². The molecule has 1 aromatic carbocycles. The van der Waals surface area contributed by atoms with E-state index in [0.29, 0.717) is 36.8 Å². The second kappa shape index (κ2) is 12.8. The van der Waals surface area contributed by atoms with Gasteiger partial charge in [-0.3, -0.25) is 4.57 Å². The van der Waals surface area contributed by atoms with Gasteiger partial charge in [0.15, 0.2) is 0 Å². The first-order valence-corrected chi connectivity index (χ1v) is 10.2. The van der Waals surface area contributed by atoms with Crippen molar-refractivity contribution < 1.29 is 24.0 Å². The topological polar surface area (TPSA) is 102 Å². The standard InChI is InChI=1S/C14H23ClNO4P.C2H6O/c1-3-19-14(20-4-2)21(17,18)13(9-10-16)11-5-7-12(15)8-6-11;1-2-3/h5-8,13-14H,3-4,9-10,16H2,1-2H3,(H,17,18);3H,2H2,1H3. The molecule has 6 nitrogen and oxygen atoms in total. The lowest BCUT2D eigenvalue weighted by Gasteiger charge is -2.29. The molecular weight excluding hydrogens is 353 g/mol. The summed E-state index contributed by atoms with van der Waals surface area (Å²) in [6, 6.07) is 5.72. The summed E-state index contributed by atoms with van der Waals surface area (Å²) >= 11 is 5.86. The predicted octanol–water partition coefficient (Wildman–Crippen LogP) is 3.36. The van der Waals surface area contributed by atoms with Gasteiger partial charge in [0.25, 0.3) is 7.37 Å². The lowest BCUT2D eigenvalue weighted by Crippen LogP contribution is -2.22. The van der Waals surface area contributed by atoms with Crippen molar-refractivity contribution in [1.29, 1.82) is 0 Å². The van der Waals surface area contributed by atoms with Gasteiger partial charge in [-0.15, -0.1) is 0 Å². The molecule has 0 spiro atoms. The first-order valence-electron chi connectivity index (χ1n) is 8.00. The van der Waals surface area contributed by atoms with Gasteiger partial charge in [0.1, 0.15) is 0 Å². The van der Waals surface area contributed by atoms with E-state index >= 15 is 0 Å². The number of hydrogen-bond acceptors (Lipinski definition) is 5. The van der Waals surface area contributed by atoms with Crippen LogP contribution in [0.3, 0.4) is 0 Å². The highest BCUT2D eigenvalue weighted by Crippen LogP contribution is 2.61. The zero-order chi connectivity index (χ0) is 18.6. The van der Waals surface area contributed by atoms with Gasteiger partial charge < -0.3 is 25.2 Å². The number of aliphatic hydroxyl groups excluding tert-OH is 1. The molecule has 0 bridgehead atoms. The molecule has 1 rings (SSSR count). The van der Waals surface area contributed by atoms with Crippen LogP contribution in [0, 0.1) is 0 Å². The van der Waals surface area contributed by atoms with Crippen molar-refractivity contribution in [3.8, 4) is 0 Å². The fourth-order valence-electron chi connectivity index (χ4n) is 2.10. The van der Waals surface area contributed by atoms with Crippen LogP contribution >= 0.6 is 19.0 Å². The normalized spacial score (nSPS) is 14.7. The molecule has 140 valence electrons. The maximum atomic E-state index is 12.9. The molecule has 0 aliphatic rings. The van der Waals surface area contributed by atoms with E-state index in [2.05, 4.69) is 0 Å². The summed E-state index contributed by atoms with van der Waals surface area (Å²) in [5, 5.41) is 8.14. The Bertz CT molecular complexity index is 480. The molecule has 0 heterocycles. The third-order valence-corrected chi connectivity index (χ3v) is 5.67. The lowest BCUT2D eigenvalue weighted by atomic mass is 10.1. The fraction of sp³-hybridized carbons (Fsp3) is 0.625. The van der Waals surface area contributed by atoms with E-state index in [0.717, 1.165) is 0 Å². The van der Waals surface area contributed by atoms with E-state index in [1.54, 1.807) is 45.0 Å². The van der Waals surface area contributed by atoms with E-state index in [4.69, 9.17) is 31.9 Å². The Kier molecular flexibility index (Phi) is 12.6. The molecule has 2 atom stereocenters. The minimum Gasteiger partial charge on any atom is -0.397 e. The minimum absolute atomic E-state index is 0.250. The van der Waals surface area contributed by atoms with Crippen LogP contribution in [-0.2, 0) is 14.0 Å². The third-order valence-electron chi connectivity index (χ3n) is 3.06. The van der Waals surface area contributed by atoms with E-state index in [-0.39, 0.29) is 6.61 Å². The van der Waals surface area contributed by atoms with Crippen molar-refractivity contribution in [3.63, 3.8) is 0 Å². The Morgan fingerprint density at radius 2 is 1.62 bits per heavy atom. The van der Waals surface area contributed by atoms with Crippen molar-refractivity contribution in [1.82, 2.24) is 0 Å². The van der Waals surface area contributed by atoms with Crippen LogP contribution in [0.1, 0.15) is 38.4 Å². The van der Waals surface area contributed by atoms with Crippen molar-refractivity contribution >= 4 is 19.0 Å². The Hall–Kier alpha value is -0.460. The van der Waals surface area contributed by atoms with Gasteiger partial charge in [-0.05, 0) is 51.4 Å². The molecule has 0 aromatic heterocycles. The minimum atomic E-state index is -3.77. The smallest absolute Gasteiger partial charge is 0.262 e. The molecule has 24 heavy (non-hydrogen) atoms. The van der Waals surface area contributed by atoms with Crippen molar-refractivity contribution in [2.75, 3.05) is 26.4 Å². The summed E-state index contributed by atoms with van der Waals surface area (Å²) < 4.78 is 23.5.